The first-order chi connectivity index (χ1) is 14.0. The van der Waals surface area contributed by atoms with E-state index in [4.69, 9.17) is 9.47 Å². The summed E-state index contributed by atoms with van der Waals surface area (Å²) in [5.74, 6) is 0.460. The van der Waals surface area contributed by atoms with Gasteiger partial charge >= 0.3 is 5.97 Å². The number of rotatable bonds is 7. The summed E-state index contributed by atoms with van der Waals surface area (Å²) in [5.41, 5.74) is 1.82. The zero-order valence-electron chi connectivity index (χ0n) is 17.3. The van der Waals surface area contributed by atoms with Crippen molar-refractivity contribution in [1.29, 1.82) is 0 Å². The summed E-state index contributed by atoms with van der Waals surface area (Å²) in [5, 5.41) is 6.52. The lowest BCUT2D eigenvalue weighted by Gasteiger charge is -2.19. The molecule has 6 nitrogen and oxygen atoms in total. The molecule has 0 atom stereocenters. The first-order valence-electron chi connectivity index (χ1n) is 9.48. The largest absolute Gasteiger partial charge is 0.496 e. The number of methoxy groups -OCH3 is 2. The number of esters is 1. The minimum Gasteiger partial charge on any atom is -0.496 e. The Morgan fingerprint density at radius 1 is 1.17 bits per heavy atom. The van der Waals surface area contributed by atoms with Gasteiger partial charge < -0.3 is 20.1 Å². The highest BCUT2D eigenvalue weighted by molar-refractivity contribution is 14.0. The third-order valence-electron chi connectivity index (χ3n) is 5.25. The van der Waals surface area contributed by atoms with Gasteiger partial charge in [0.25, 0.3) is 0 Å². The summed E-state index contributed by atoms with van der Waals surface area (Å²) in [6.45, 7) is 1.06. The van der Waals surface area contributed by atoms with Gasteiger partial charge in [0.15, 0.2) is 5.96 Å². The molecule has 0 unspecified atom stereocenters. The number of aliphatic imine (C=N–C) groups is 1. The van der Waals surface area contributed by atoms with Gasteiger partial charge in [0, 0.05) is 25.6 Å². The molecule has 3 rings (SSSR count). The number of guanidine groups is 1. The van der Waals surface area contributed by atoms with Crippen molar-refractivity contribution in [2.75, 3.05) is 27.8 Å². The molecule has 0 aromatic heterocycles. The van der Waals surface area contributed by atoms with Crippen LogP contribution in [0.2, 0.25) is 0 Å². The SMILES string of the molecule is CN=C(NCc1ccc(OC)c(C(=O)OC)c1)NCC1(c2ccccc2F)CC1.I. The van der Waals surface area contributed by atoms with Crippen LogP contribution in [0.5, 0.6) is 5.75 Å². The van der Waals surface area contributed by atoms with Crippen LogP contribution in [-0.2, 0) is 16.7 Å². The summed E-state index contributed by atoms with van der Waals surface area (Å²) >= 11 is 0. The average Bonchev–Trinajstić information content (AvgIpc) is 3.54. The van der Waals surface area contributed by atoms with Crippen molar-refractivity contribution in [2.24, 2.45) is 4.99 Å². The van der Waals surface area contributed by atoms with E-state index in [9.17, 15) is 9.18 Å². The van der Waals surface area contributed by atoms with Gasteiger partial charge in [-0.3, -0.25) is 4.99 Å². The van der Waals surface area contributed by atoms with Crippen molar-refractivity contribution in [1.82, 2.24) is 10.6 Å². The van der Waals surface area contributed by atoms with E-state index in [1.54, 1.807) is 25.2 Å². The molecule has 1 aliphatic rings. The predicted molar refractivity (Wildman–Crippen MR) is 125 cm³/mol. The van der Waals surface area contributed by atoms with E-state index in [1.165, 1.54) is 20.3 Å². The summed E-state index contributed by atoms with van der Waals surface area (Å²) < 4.78 is 24.2. The Hall–Kier alpha value is -2.36. The van der Waals surface area contributed by atoms with Crippen LogP contribution < -0.4 is 15.4 Å². The highest BCUT2D eigenvalue weighted by atomic mass is 127. The van der Waals surface area contributed by atoms with E-state index < -0.39 is 5.97 Å². The van der Waals surface area contributed by atoms with Gasteiger partial charge in [-0.2, -0.15) is 0 Å². The number of benzene rings is 2. The molecular formula is C22H27FIN3O3. The van der Waals surface area contributed by atoms with Gasteiger partial charge in [0.05, 0.1) is 14.2 Å². The zero-order valence-corrected chi connectivity index (χ0v) is 19.7. The van der Waals surface area contributed by atoms with Crippen LogP contribution in [0.1, 0.15) is 34.3 Å². The van der Waals surface area contributed by atoms with Gasteiger partial charge in [-0.15, -0.1) is 24.0 Å². The Morgan fingerprint density at radius 2 is 1.90 bits per heavy atom. The van der Waals surface area contributed by atoms with Gasteiger partial charge in [0.2, 0.25) is 0 Å². The molecule has 8 heteroatoms. The molecule has 0 aliphatic heterocycles. The summed E-state index contributed by atoms with van der Waals surface area (Å²) in [6, 6.07) is 12.3. The molecule has 0 amide bonds. The van der Waals surface area contributed by atoms with Crippen molar-refractivity contribution >= 4 is 35.9 Å². The van der Waals surface area contributed by atoms with Crippen LogP contribution in [0.15, 0.2) is 47.5 Å². The lowest BCUT2D eigenvalue weighted by atomic mass is 9.95. The molecule has 1 aliphatic carbocycles. The van der Waals surface area contributed by atoms with E-state index in [0.29, 0.717) is 30.4 Å². The molecule has 0 spiro atoms. The maximum absolute atomic E-state index is 14.2. The average molecular weight is 527 g/mol. The monoisotopic (exact) mass is 527 g/mol. The van der Waals surface area contributed by atoms with Crippen LogP contribution in [0, 0.1) is 5.82 Å². The van der Waals surface area contributed by atoms with Gasteiger partial charge in [-0.05, 0) is 42.2 Å². The van der Waals surface area contributed by atoms with Crippen LogP contribution in [0.25, 0.3) is 0 Å². The van der Waals surface area contributed by atoms with E-state index in [-0.39, 0.29) is 35.2 Å². The second kappa shape index (κ2) is 10.6. The van der Waals surface area contributed by atoms with Crippen molar-refractivity contribution in [3.05, 3.63) is 65.0 Å². The van der Waals surface area contributed by atoms with Crippen LogP contribution in [-0.4, -0.2) is 39.7 Å². The number of carbonyl (C=O) groups is 1. The van der Waals surface area contributed by atoms with Gasteiger partial charge in [0.1, 0.15) is 17.1 Å². The topological polar surface area (TPSA) is 72.0 Å². The van der Waals surface area contributed by atoms with Crippen LogP contribution >= 0.6 is 24.0 Å². The lowest BCUT2D eigenvalue weighted by molar-refractivity contribution is 0.0597. The lowest BCUT2D eigenvalue weighted by Crippen LogP contribution is -2.41. The van der Waals surface area contributed by atoms with Gasteiger partial charge in [-0.1, -0.05) is 24.3 Å². The number of halogens is 2. The second-order valence-electron chi connectivity index (χ2n) is 7.07. The Morgan fingerprint density at radius 3 is 2.50 bits per heavy atom. The van der Waals surface area contributed by atoms with E-state index >= 15 is 0 Å². The summed E-state index contributed by atoms with van der Waals surface area (Å²) in [6.07, 6.45) is 1.89. The predicted octanol–water partition coefficient (Wildman–Crippen LogP) is 3.64. The molecule has 0 bridgehead atoms. The molecule has 0 saturated heterocycles. The molecule has 2 aromatic carbocycles. The fourth-order valence-electron chi connectivity index (χ4n) is 3.38. The molecule has 162 valence electrons. The Bertz CT molecular complexity index is 916. The fourth-order valence-corrected chi connectivity index (χ4v) is 3.38. The third-order valence-corrected chi connectivity index (χ3v) is 5.25. The Kier molecular flexibility index (Phi) is 8.45. The first kappa shape index (κ1) is 23.9. The van der Waals surface area contributed by atoms with E-state index in [2.05, 4.69) is 15.6 Å². The number of carbonyl (C=O) groups excluding carboxylic acids is 1. The normalized spacial score (nSPS) is 14.3. The smallest absolute Gasteiger partial charge is 0.341 e. The first-order valence-corrected chi connectivity index (χ1v) is 9.48. The van der Waals surface area contributed by atoms with Gasteiger partial charge in [-0.25, -0.2) is 9.18 Å². The summed E-state index contributed by atoms with van der Waals surface area (Å²) in [7, 11) is 4.53. The highest BCUT2D eigenvalue weighted by Crippen LogP contribution is 2.48. The number of nitrogens with zero attached hydrogens (tertiary/aromatic N) is 1. The van der Waals surface area contributed by atoms with Crippen molar-refractivity contribution < 1.29 is 18.7 Å². The van der Waals surface area contributed by atoms with Crippen molar-refractivity contribution in [3.63, 3.8) is 0 Å². The number of hydrogen-bond acceptors (Lipinski definition) is 4. The second-order valence-corrected chi connectivity index (χ2v) is 7.07. The Labute approximate surface area is 193 Å². The maximum atomic E-state index is 14.2. The Balaban J connectivity index is 0.00000320. The fraction of sp³-hybridized carbons (Fsp3) is 0.364. The number of nitrogens with one attached hydrogen (secondary N) is 2. The van der Waals surface area contributed by atoms with Crippen LogP contribution in [0.4, 0.5) is 4.39 Å². The maximum Gasteiger partial charge on any atom is 0.341 e. The number of hydrogen-bond donors (Lipinski definition) is 2. The zero-order chi connectivity index (χ0) is 20.9. The molecule has 1 saturated carbocycles. The molecule has 0 heterocycles. The summed E-state index contributed by atoms with van der Waals surface area (Å²) in [4.78, 5) is 16.2. The standard InChI is InChI=1S/C22H26FN3O3.HI/c1-24-21(26-14-22(10-11-22)17-6-4-5-7-18(17)23)25-13-15-8-9-19(28-2)16(12-15)20(27)29-3;/h4-9,12H,10-11,13-14H2,1-3H3,(H2,24,25,26);1H. The van der Waals surface area contributed by atoms with E-state index in [0.717, 1.165) is 24.0 Å². The molecule has 2 N–H and O–H groups in total. The molecule has 0 radical (unpaired) electrons. The molecular weight excluding hydrogens is 500 g/mol. The quantitative estimate of drug-likeness (QED) is 0.249. The molecule has 2 aromatic rings. The minimum atomic E-state index is -0.452. The number of ether oxygens (including phenoxy) is 2. The highest BCUT2D eigenvalue weighted by Gasteiger charge is 2.45. The van der Waals surface area contributed by atoms with E-state index in [1.807, 2.05) is 18.2 Å². The van der Waals surface area contributed by atoms with Crippen LogP contribution in [0.3, 0.4) is 0 Å². The van der Waals surface area contributed by atoms with Crippen molar-refractivity contribution in [3.8, 4) is 5.75 Å². The molecule has 30 heavy (non-hydrogen) atoms. The van der Waals surface area contributed by atoms with Crippen molar-refractivity contribution in [2.45, 2.75) is 24.8 Å². The minimum absolute atomic E-state index is 0. The third kappa shape index (κ3) is 5.41. The molecule has 1 fully saturated rings.